The molecule has 0 spiro atoms. The van der Waals surface area contributed by atoms with Gasteiger partial charge in [0.2, 0.25) is 5.91 Å². The van der Waals surface area contributed by atoms with E-state index in [1.165, 1.54) is 0 Å². The van der Waals surface area contributed by atoms with Crippen LogP contribution in [0.25, 0.3) is 0 Å². The lowest BCUT2D eigenvalue weighted by molar-refractivity contribution is -0.129. The highest BCUT2D eigenvalue weighted by molar-refractivity contribution is 5.73. The Labute approximate surface area is 105 Å². The maximum absolute atomic E-state index is 11.2. The lowest BCUT2D eigenvalue weighted by Crippen LogP contribution is -2.51. The number of likely N-dealkylation sites (tertiary alicyclic amines) is 1. The minimum Gasteiger partial charge on any atom is -0.343 e. The number of hydrogen-bond acceptors (Lipinski definition) is 3. The van der Waals surface area contributed by atoms with Crippen molar-refractivity contribution in [1.82, 2.24) is 15.1 Å². The van der Waals surface area contributed by atoms with Gasteiger partial charge in [-0.3, -0.25) is 4.79 Å². The summed E-state index contributed by atoms with van der Waals surface area (Å²) in [5, 5.41) is 3.62. The van der Waals surface area contributed by atoms with E-state index in [2.05, 4.69) is 38.2 Å². The van der Waals surface area contributed by atoms with Crippen LogP contribution in [0.4, 0.5) is 0 Å². The molecule has 1 aliphatic rings. The zero-order chi connectivity index (χ0) is 13.1. The molecule has 0 aromatic carbocycles. The molecule has 0 atom stereocenters. The number of amides is 1. The highest BCUT2D eigenvalue weighted by atomic mass is 16.2. The molecule has 0 bridgehead atoms. The Morgan fingerprint density at radius 1 is 1.35 bits per heavy atom. The van der Waals surface area contributed by atoms with Crippen LogP contribution in [0.2, 0.25) is 0 Å². The van der Waals surface area contributed by atoms with Gasteiger partial charge in [0.25, 0.3) is 0 Å². The van der Waals surface area contributed by atoms with Crippen molar-refractivity contribution < 1.29 is 4.79 Å². The van der Waals surface area contributed by atoms with Gasteiger partial charge in [0.05, 0.1) is 0 Å². The summed E-state index contributed by atoms with van der Waals surface area (Å²) in [6.45, 7) is 8.92. The molecule has 1 aliphatic heterocycles. The van der Waals surface area contributed by atoms with Gasteiger partial charge in [-0.25, -0.2) is 0 Å². The topological polar surface area (TPSA) is 35.6 Å². The molecule has 17 heavy (non-hydrogen) atoms. The number of carbonyl (C=O) groups excluding carboxylic acids is 1. The molecule has 1 heterocycles. The molecule has 0 aromatic heterocycles. The van der Waals surface area contributed by atoms with E-state index in [1.54, 1.807) is 6.92 Å². The van der Waals surface area contributed by atoms with E-state index >= 15 is 0 Å². The van der Waals surface area contributed by atoms with Crippen LogP contribution >= 0.6 is 0 Å². The van der Waals surface area contributed by atoms with E-state index in [9.17, 15) is 4.79 Å². The highest BCUT2D eigenvalue weighted by Crippen LogP contribution is 2.13. The number of rotatable bonds is 4. The number of nitrogens with zero attached hydrogens (tertiary/aromatic N) is 2. The first-order valence-corrected chi connectivity index (χ1v) is 6.49. The molecule has 4 heteroatoms. The molecule has 1 N–H and O–H groups in total. The van der Waals surface area contributed by atoms with E-state index in [0.717, 1.165) is 32.5 Å². The van der Waals surface area contributed by atoms with E-state index in [0.29, 0.717) is 6.04 Å². The highest BCUT2D eigenvalue weighted by Gasteiger charge is 2.24. The summed E-state index contributed by atoms with van der Waals surface area (Å²) in [5.74, 6) is 0.206. The van der Waals surface area contributed by atoms with Crippen molar-refractivity contribution in [3.05, 3.63) is 0 Å². The Hall–Kier alpha value is -0.610. The van der Waals surface area contributed by atoms with Crippen LogP contribution in [0.3, 0.4) is 0 Å². The smallest absolute Gasteiger partial charge is 0.219 e. The summed E-state index contributed by atoms with van der Waals surface area (Å²) < 4.78 is 0. The third-order valence-electron chi connectivity index (χ3n) is 3.97. The predicted octanol–water partition coefficient (Wildman–Crippen LogP) is 0.927. The summed E-state index contributed by atoms with van der Waals surface area (Å²) in [4.78, 5) is 15.4. The fourth-order valence-corrected chi connectivity index (χ4v) is 1.95. The number of hydrogen-bond donors (Lipinski definition) is 1. The molecular weight excluding hydrogens is 214 g/mol. The van der Waals surface area contributed by atoms with Crippen molar-refractivity contribution in [3.8, 4) is 0 Å². The molecule has 0 aliphatic carbocycles. The van der Waals surface area contributed by atoms with Gasteiger partial charge >= 0.3 is 0 Å². The van der Waals surface area contributed by atoms with Gasteiger partial charge in [-0.1, -0.05) is 0 Å². The normalized spacial score (nSPS) is 18.8. The van der Waals surface area contributed by atoms with Gasteiger partial charge in [-0.15, -0.1) is 0 Å². The first-order valence-electron chi connectivity index (χ1n) is 6.49. The Morgan fingerprint density at radius 3 is 2.29 bits per heavy atom. The quantitative estimate of drug-likeness (QED) is 0.795. The average molecular weight is 241 g/mol. The number of likely N-dealkylation sites (N-methyl/N-ethyl adjacent to an activating group) is 1. The molecule has 100 valence electrons. The van der Waals surface area contributed by atoms with Crippen molar-refractivity contribution in [3.63, 3.8) is 0 Å². The lowest BCUT2D eigenvalue weighted by Gasteiger charge is -2.37. The maximum Gasteiger partial charge on any atom is 0.219 e. The fraction of sp³-hybridized carbons (Fsp3) is 0.923. The van der Waals surface area contributed by atoms with Crippen LogP contribution in [-0.2, 0) is 4.79 Å². The largest absolute Gasteiger partial charge is 0.343 e. The Morgan fingerprint density at radius 2 is 1.88 bits per heavy atom. The molecular formula is C13H27N3O. The molecule has 0 aromatic rings. The summed E-state index contributed by atoms with van der Waals surface area (Å²) in [6, 6.07) is 0.560. The second-order valence-corrected chi connectivity index (χ2v) is 5.87. The molecule has 1 fully saturated rings. The van der Waals surface area contributed by atoms with Crippen LogP contribution in [0.15, 0.2) is 0 Å². The zero-order valence-electron chi connectivity index (χ0n) is 11.9. The molecule has 1 saturated heterocycles. The Balaban J connectivity index is 2.29. The van der Waals surface area contributed by atoms with E-state index < -0.39 is 0 Å². The lowest BCUT2D eigenvalue weighted by atomic mass is 10.0. The molecule has 0 saturated carbocycles. The SMILES string of the molecule is CC(=O)N1CCC(NCC(C)(C)N(C)C)CC1. The third kappa shape index (κ3) is 4.28. The number of piperidine rings is 1. The Bertz CT molecular complexity index is 255. The number of nitrogens with one attached hydrogen (secondary N) is 1. The first-order chi connectivity index (χ1) is 7.83. The van der Waals surface area contributed by atoms with Gasteiger partial charge in [0.15, 0.2) is 0 Å². The van der Waals surface area contributed by atoms with E-state index in [1.807, 2.05) is 4.90 Å². The van der Waals surface area contributed by atoms with E-state index in [4.69, 9.17) is 0 Å². The van der Waals surface area contributed by atoms with Crippen molar-refractivity contribution in [2.24, 2.45) is 0 Å². The second kappa shape index (κ2) is 5.83. The van der Waals surface area contributed by atoms with E-state index in [-0.39, 0.29) is 11.4 Å². The van der Waals surface area contributed by atoms with Gasteiger partial charge in [0, 0.05) is 38.1 Å². The van der Waals surface area contributed by atoms with Gasteiger partial charge in [-0.2, -0.15) is 0 Å². The predicted molar refractivity (Wildman–Crippen MR) is 71.0 cm³/mol. The van der Waals surface area contributed by atoms with Crippen molar-refractivity contribution in [1.29, 1.82) is 0 Å². The second-order valence-electron chi connectivity index (χ2n) is 5.87. The van der Waals surface area contributed by atoms with Crippen molar-refractivity contribution in [2.45, 2.75) is 45.2 Å². The van der Waals surface area contributed by atoms with Crippen LogP contribution in [0.1, 0.15) is 33.6 Å². The van der Waals surface area contributed by atoms with Crippen LogP contribution in [-0.4, -0.2) is 61.0 Å². The fourth-order valence-electron chi connectivity index (χ4n) is 1.95. The summed E-state index contributed by atoms with van der Waals surface area (Å²) in [6.07, 6.45) is 2.15. The summed E-state index contributed by atoms with van der Waals surface area (Å²) in [7, 11) is 4.22. The average Bonchev–Trinajstić information content (AvgIpc) is 2.27. The number of carbonyl (C=O) groups is 1. The van der Waals surface area contributed by atoms with Crippen molar-refractivity contribution >= 4 is 5.91 Å². The molecule has 1 rings (SSSR count). The standard InChI is InChI=1S/C13H27N3O/c1-11(17)16-8-6-12(7-9-16)14-10-13(2,3)15(4)5/h12,14H,6-10H2,1-5H3. The summed E-state index contributed by atoms with van der Waals surface area (Å²) >= 11 is 0. The van der Waals surface area contributed by atoms with Gasteiger partial charge < -0.3 is 15.1 Å². The minimum atomic E-state index is 0.178. The minimum absolute atomic E-state index is 0.178. The molecule has 0 radical (unpaired) electrons. The van der Waals surface area contributed by atoms with Crippen LogP contribution in [0.5, 0.6) is 0 Å². The molecule has 0 unspecified atom stereocenters. The maximum atomic E-state index is 11.2. The van der Waals surface area contributed by atoms with Crippen LogP contribution in [0, 0.1) is 0 Å². The third-order valence-corrected chi connectivity index (χ3v) is 3.97. The monoisotopic (exact) mass is 241 g/mol. The molecule has 1 amide bonds. The van der Waals surface area contributed by atoms with Crippen LogP contribution < -0.4 is 5.32 Å². The first kappa shape index (κ1) is 14.5. The van der Waals surface area contributed by atoms with Gasteiger partial charge in [-0.05, 0) is 40.8 Å². The zero-order valence-corrected chi connectivity index (χ0v) is 11.9. The Kier molecular flexibility index (Phi) is 4.95. The summed E-state index contributed by atoms with van der Waals surface area (Å²) in [5.41, 5.74) is 0.178. The van der Waals surface area contributed by atoms with Crippen molar-refractivity contribution in [2.75, 3.05) is 33.7 Å². The molecule has 4 nitrogen and oxygen atoms in total. The van der Waals surface area contributed by atoms with Gasteiger partial charge in [0.1, 0.15) is 0 Å².